The number of halogens is 1. The van der Waals surface area contributed by atoms with Crippen molar-refractivity contribution < 1.29 is 54.0 Å². The van der Waals surface area contributed by atoms with E-state index in [1.165, 1.54) is 0 Å². The van der Waals surface area contributed by atoms with E-state index in [9.17, 15) is 39.8 Å². The second-order valence-corrected chi connectivity index (χ2v) is 6.22. The largest absolute Gasteiger partial charge is 0.394 e. The Hall–Kier alpha value is -0.960. The first-order valence-corrected chi connectivity index (χ1v) is 8.02. The minimum absolute atomic E-state index is 0.654. The van der Waals surface area contributed by atoms with Crippen molar-refractivity contribution in [3.05, 3.63) is 0 Å². The number of nitrogens with one attached hydrogen (secondary N) is 1. The van der Waals surface area contributed by atoms with Crippen LogP contribution in [0.3, 0.4) is 0 Å². The molecule has 152 valence electrons. The van der Waals surface area contributed by atoms with Crippen LogP contribution < -0.4 is 5.32 Å². The summed E-state index contributed by atoms with van der Waals surface area (Å²) in [5, 5.41) is 60.4. The number of amides is 1. The smallest absolute Gasteiger partial charge is 0.222 e. The Kier molecular flexibility index (Phi) is 7.24. The third kappa shape index (κ3) is 4.30. The summed E-state index contributed by atoms with van der Waals surface area (Å²) in [7, 11) is 0. The third-order valence-electron chi connectivity index (χ3n) is 4.35. The highest BCUT2D eigenvalue weighted by molar-refractivity contribution is 5.73. The van der Waals surface area contributed by atoms with Gasteiger partial charge in [-0.3, -0.25) is 4.79 Å². The molecular weight excluding hydrogens is 361 g/mol. The van der Waals surface area contributed by atoms with Gasteiger partial charge in [-0.25, -0.2) is 4.39 Å². The summed E-state index contributed by atoms with van der Waals surface area (Å²) < 4.78 is 29.6. The molecule has 2 aliphatic rings. The van der Waals surface area contributed by atoms with Gasteiger partial charge in [0.05, 0.1) is 13.2 Å². The van der Waals surface area contributed by atoms with Gasteiger partial charge in [0, 0.05) is 6.92 Å². The molecule has 2 rings (SSSR count). The fourth-order valence-corrected chi connectivity index (χ4v) is 2.94. The molecule has 26 heavy (non-hydrogen) atoms. The summed E-state index contributed by atoms with van der Waals surface area (Å²) in [4.78, 5) is 11.3. The molecule has 0 aromatic carbocycles. The topological polar surface area (TPSA) is 178 Å². The molecule has 0 radical (unpaired) electrons. The van der Waals surface area contributed by atoms with Crippen LogP contribution in [-0.4, -0.2) is 111 Å². The summed E-state index contributed by atoms with van der Waals surface area (Å²) in [6, 6.07) is -1.50. The second kappa shape index (κ2) is 8.82. The van der Waals surface area contributed by atoms with Gasteiger partial charge in [0.2, 0.25) is 12.3 Å². The molecule has 2 saturated heterocycles. The van der Waals surface area contributed by atoms with Crippen LogP contribution >= 0.6 is 0 Å². The molecule has 2 fully saturated rings. The van der Waals surface area contributed by atoms with Gasteiger partial charge in [-0.2, -0.15) is 0 Å². The summed E-state index contributed by atoms with van der Waals surface area (Å²) in [6.07, 6.45) is -14.7. The lowest BCUT2D eigenvalue weighted by Gasteiger charge is -2.46. The zero-order valence-electron chi connectivity index (χ0n) is 13.9. The fraction of sp³-hybridized carbons (Fsp3) is 0.929. The van der Waals surface area contributed by atoms with E-state index in [1.54, 1.807) is 0 Å². The van der Waals surface area contributed by atoms with Gasteiger partial charge >= 0.3 is 0 Å². The summed E-state index contributed by atoms with van der Waals surface area (Å²) in [5.74, 6) is -0.654. The first-order chi connectivity index (χ1) is 12.2. The van der Waals surface area contributed by atoms with Gasteiger partial charge in [-0.1, -0.05) is 0 Å². The highest BCUT2D eigenvalue weighted by Crippen LogP contribution is 2.29. The quantitative estimate of drug-likeness (QED) is 0.245. The maximum Gasteiger partial charge on any atom is 0.222 e. The van der Waals surface area contributed by atoms with E-state index in [2.05, 4.69) is 5.32 Å². The SMILES string of the molecule is CC(=O)N[C@H]1C(F)O[C@H](CO)[C@@H](O)[C@@H]1O[C@@H]1O[C@H](CO)[C@H](O)[C@H](O)[C@H]1O. The van der Waals surface area contributed by atoms with Gasteiger partial charge in [0.15, 0.2) is 6.29 Å². The molecule has 0 spiro atoms. The minimum atomic E-state index is -2.14. The lowest BCUT2D eigenvalue weighted by molar-refractivity contribution is -0.337. The Labute approximate surface area is 147 Å². The van der Waals surface area contributed by atoms with Crippen LogP contribution in [0.25, 0.3) is 0 Å². The van der Waals surface area contributed by atoms with Crippen molar-refractivity contribution in [2.24, 2.45) is 0 Å². The number of aliphatic hydroxyl groups excluding tert-OH is 6. The second-order valence-electron chi connectivity index (χ2n) is 6.22. The Morgan fingerprint density at radius 2 is 1.58 bits per heavy atom. The molecule has 0 aromatic heterocycles. The van der Waals surface area contributed by atoms with E-state index >= 15 is 0 Å². The fourth-order valence-electron chi connectivity index (χ4n) is 2.94. The first kappa shape index (κ1) is 21.3. The van der Waals surface area contributed by atoms with Crippen LogP contribution in [0, 0.1) is 0 Å². The van der Waals surface area contributed by atoms with E-state index in [0.717, 1.165) is 6.92 Å². The molecule has 0 aromatic rings. The van der Waals surface area contributed by atoms with Crippen LogP contribution in [0.15, 0.2) is 0 Å². The normalized spacial score (nSPS) is 46.8. The number of ether oxygens (including phenoxy) is 3. The van der Waals surface area contributed by atoms with Gasteiger partial charge in [-0.15, -0.1) is 0 Å². The summed E-state index contributed by atoms with van der Waals surface area (Å²) in [5.41, 5.74) is 0. The van der Waals surface area contributed by atoms with Crippen LogP contribution in [0.2, 0.25) is 0 Å². The lowest BCUT2D eigenvalue weighted by atomic mass is 9.96. The number of rotatable bonds is 5. The molecule has 0 bridgehead atoms. The molecule has 2 aliphatic heterocycles. The predicted octanol–water partition coefficient (Wildman–Crippen LogP) is -4.28. The molecular formula is C14H24FNO10. The van der Waals surface area contributed by atoms with E-state index in [1.807, 2.05) is 0 Å². The number of aliphatic hydroxyl groups is 6. The molecule has 10 atom stereocenters. The van der Waals surface area contributed by atoms with Gasteiger partial charge in [0.25, 0.3) is 0 Å². The molecule has 11 nitrogen and oxygen atoms in total. The Morgan fingerprint density at radius 1 is 1.00 bits per heavy atom. The Bertz CT molecular complexity index is 483. The maximum atomic E-state index is 14.2. The molecule has 7 N–H and O–H groups in total. The minimum Gasteiger partial charge on any atom is -0.394 e. The van der Waals surface area contributed by atoms with Crippen molar-refractivity contribution in [3.8, 4) is 0 Å². The number of carbonyl (C=O) groups is 1. The molecule has 0 saturated carbocycles. The highest BCUT2D eigenvalue weighted by atomic mass is 19.1. The van der Waals surface area contributed by atoms with E-state index in [-0.39, 0.29) is 0 Å². The molecule has 2 heterocycles. The lowest BCUT2D eigenvalue weighted by Crippen LogP contribution is -2.67. The zero-order valence-corrected chi connectivity index (χ0v) is 13.9. The van der Waals surface area contributed by atoms with Crippen LogP contribution in [-0.2, 0) is 19.0 Å². The molecule has 1 unspecified atom stereocenters. The number of hydrogen-bond acceptors (Lipinski definition) is 10. The standard InChI is InChI=1S/C14H24FNO10/c1-4(19)16-7-12(9(21)6(3-18)24-13(7)15)26-14-11(23)10(22)8(20)5(2-17)25-14/h5-14,17-18,20-23H,2-3H2,1H3,(H,16,19)/t5-,6-,7-,8+,9-,10+,11-,12-,13?,14+/m1/s1. The number of hydrogen-bond donors (Lipinski definition) is 7. The third-order valence-corrected chi connectivity index (χ3v) is 4.35. The number of alkyl halides is 1. The van der Waals surface area contributed by atoms with Crippen molar-refractivity contribution in [2.75, 3.05) is 13.2 Å². The predicted molar refractivity (Wildman–Crippen MR) is 79.1 cm³/mol. The van der Waals surface area contributed by atoms with Crippen LogP contribution in [0.4, 0.5) is 4.39 Å². The average molecular weight is 385 g/mol. The summed E-state index contributed by atoms with van der Waals surface area (Å²) >= 11 is 0. The van der Waals surface area contributed by atoms with Crippen molar-refractivity contribution in [1.82, 2.24) is 5.32 Å². The van der Waals surface area contributed by atoms with Gasteiger partial charge in [-0.05, 0) is 0 Å². The van der Waals surface area contributed by atoms with E-state index in [0.29, 0.717) is 0 Å². The summed E-state index contributed by atoms with van der Waals surface area (Å²) in [6.45, 7) is -0.355. The van der Waals surface area contributed by atoms with Crippen molar-refractivity contribution in [1.29, 1.82) is 0 Å². The van der Waals surface area contributed by atoms with Gasteiger partial charge < -0.3 is 50.2 Å². The van der Waals surface area contributed by atoms with Crippen molar-refractivity contribution in [3.63, 3.8) is 0 Å². The maximum absolute atomic E-state index is 14.2. The zero-order chi connectivity index (χ0) is 19.6. The Balaban J connectivity index is 2.21. The van der Waals surface area contributed by atoms with Crippen molar-refractivity contribution in [2.45, 2.75) is 68.3 Å². The molecule has 1 amide bonds. The molecule has 12 heteroatoms. The Morgan fingerprint density at radius 3 is 2.12 bits per heavy atom. The van der Waals surface area contributed by atoms with E-state index in [4.69, 9.17) is 14.2 Å². The first-order valence-electron chi connectivity index (χ1n) is 8.02. The van der Waals surface area contributed by atoms with E-state index < -0.39 is 80.5 Å². The van der Waals surface area contributed by atoms with Crippen molar-refractivity contribution >= 4 is 5.91 Å². The highest BCUT2D eigenvalue weighted by Gasteiger charge is 2.51. The monoisotopic (exact) mass is 385 g/mol. The number of carbonyl (C=O) groups excluding carboxylic acids is 1. The average Bonchev–Trinajstić information content (AvgIpc) is 2.60. The van der Waals surface area contributed by atoms with Crippen LogP contribution in [0.5, 0.6) is 0 Å². The van der Waals surface area contributed by atoms with Gasteiger partial charge in [0.1, 0.15) is 48.8 Å². The van der Waals surface area contributed by atoms with Crippen LogP contribution in [0.1, 0.15) is 6.92 Å². The molecule has 0 aliphatic carbocycles.